The van der Waals surface area contributed by atoms with Crippen LogP contribution in [-0.2, 0) is 0 Å². The van der Waals surface area contributed by atoms with Gasteiger partial charge in [0.2, 0.25) is 0 Å². The van der Waals surface area contributed by atoms with E-state index in [0.29, 0.717) is 5.25 Å². The van der Waals surface area contributed by atoms with Crippen LogP contribution in [0.1, 0.15) is 26.7 Å². The Bertz CT molecular complexity index is 403. The van der Waals surface area contributed by atoms with Crippen LogP contribution in [0, 0.1) is 0 Å². The molecule has 18 heavy (non-hydrogen) atoms. The molecule has 0 saturated carbocycles. The Kier molecular flexibility index (Phi) is 4.93. The monoisotopic (exact) mass is 264 g/mol. The maximum atomic E-state index is 5.55. The van der Waals surface area contributed by atoms with Crippen molar-refractivity contribution in [3.63, 3.8) is 0 Å². The summed E-state index contributed by atoms with van der Waals surface area (Å²) in [5, 5.41) is 5.02. The summed E-state index contributed by atoms with van der Waals surface area (Å²) in [4.78, 5) is 4.49. The van der Waals surface area contributed by atoms with Crippen LogP contribution in [0.4, 0.5) is 5.69 Å². The number of hydrogen-bond acceptors (Lipinski definition) is 4. The van der Waals surface area contributed by atoms with Gasteiger partial charge in [0, 0.05) is 10.9 Å². The molecular weight excluding hydrogens is 244 g/mol. The fourth-order valence-electron chi connectivity index (χ4n) is 1.68. The van der Waals surface area contributed by atoms with Gasteiger partial charge in [-0.3, -0.25) is 4.99 Å². The summed E-state index contributed by atoms with van der Waals surface area (Å²) in [6.45, 7) is 6.01. The minimum atomic E-state index is 0.639. The quantitative estimate of drug-likeness (QED) is 0.879. The van der Waals surface area contributed by atoms with Crippen LogP contribution >= 0.6 is 11.8 Å². The van der Waals surface area contributed by atoms with Crippen molar-refractivity contribution < 1.29 is 4.74 Å². The SMILES string of the molecule is CCCOc1ccc(NC2=NCC(CC)S2)cc1. The molecule has 98 valence electrons. The summed E-state index contributed by atoms with van der Waals surface area (Å²) < 4.78 is 5.55. The van der Waals surface area contributed by atoms with Crippen molar-refractivity contribution in [2.75, 3.05) is 18.5 Å². The molecule has 1 N–H and O–H groups in total. The Hall–Kier alpha value is -1.16. The van der Waals surface area contributed by atoms with Gasteiger partial charge in [0.25, 0.3) is 0 Å². The average Bonchev–Trinajstić information content (AvgIpc) is 2.86. The van der Waals surface area contributed by atoms with Gasteiger partial charge in [-0.05, 0) is 37.1 Å². The zero-order valence-corrected chi connectivity index (χ0v) is 11.8. The molecule has 1 aromatic carbocycles. The molecule has 3 nitrogen and oxygen atoms in total. The molecule has 2 rings (SSSR count). The highest BCUT2D eigenvalue weighted by atomic mass is 32.2. The van der Waals surface area contributed by atoms with Crippen LogP contribution < -0.4 is 10.1 Å². The molecule has 4 heteroatoms. The largest absolute Gasteiger partial charge is 0.494 e. The second kappa shape index (κ2) is 6.69. The molecule has 0 bridgehead atoms. The van der Waals surface area contributed by atoms with Crippen LogP contribution in [0.3, 0.4) is 0 Å². The smallest absolute Gasteiger partial charge is 0.161 e. The highest BCUT2D eigenvalue weighted by Gasteiger charge is 2.17. The lowest BCUT2D eigenvalue weighted by Gasteiger charge is -2.08. The second-order valence-corrected chi connectivity index (χ2v) is 5.58. The summed E-state index contributed by atoms with van der Waals surface area (Å²) in [5.41, 5.74) is 1.07. The molecule has 0 aliphatic carbocycles. The fraction of sp³-hybridized carbons (Fsp3) is 0.500. The van der Waals surface area contributed by atoms with E-state index < -0.39 is 0 Å². The van der Waals surface area contributed by atoms with Crippen molar-refractivity contribution >= 4 is 22.6 Å². The van der Waals surface area contributed by atoms with Gasteiger partial charge >= 0.3 is 0 Å². The minimum absolute atomic E-state index is 0.639. The lowest BCUT2D eigenvalue weighted by Crippen LogP contribution is -2.06. The number of aliphatic imine (C=N–C) groups is 1. The molecule has 0 aromatic heterocycles. The number of nitrogens with zero attached hydrogens (tertiary/aromatic N) is 1. The summed E-state index contributed by atoms with van der Waals surface area (Å²) in [7, 11) is 0. The fourth-order valence-corrected chi connectivity index (χ4v) is 2.63. The average molecular weight is 264 g/mol. The Labute approximate surface area is 113 Å². The molecule has 1 unspecified atom stereocenters. The Morgan fingerprint density at radius 2 is 2.11 bits per heavy atom. The zero-order valence-electron chi connectivity index (χ0n) is 11.0. The molecule has 1 aliphatic heterocycles. The van der Waals surface area contributed by atoms with Crippen molar-refractivity contribution in [2.45, 2.75) is 31.9 Å². The van der Waals surface area contributed by atoms with Crippen LogP contribution in [0.25, 0.3) is 0 Å². The summed E-state index contributed by atoms with van der Waals surface area (Å²) in [6.07, 6.45) is 2.20. The molecule has 1 atom stereocenters. The predicted octanol–water partition coefficient (Wildman–Crippen LogP) is 3.77. The Morgan fingerprint density at radius 1 is 1.33 bits per heavy atom. The summed E-state index contributed by atoms with van der Waals surface area (Å²) in [5.74, 6) is 0.926. The Balaban J connectivity index is 1.87. The predicted molar refractivity (Wildman–Crippen MR) is 79.8 cm³/mol. The number of hydrogen-bond donors (Lipinski definition) is 1. The molecule has 0 fully saturated rings. The first kappa shape index (κ1) is 13.3. The van der Waals surface area contributed by atoms with Crippen molar-refractivity contribution in [3.8, 4) is 5.75 Å². The first-order chi connectivity index (χ1) is 8.81. The van der Waals surface area contributed by atoms with Crippen molar-refractivity contribution in [2.24, 2.45) is 4.99 Å². The zero-order chi connectivity index (χ0) is 12.8. The van der Waals surface area contributed by atoms with Gasteiger partial charge in [0.05, 0.1) is 13.2 Å². The van der Waals surface area contributed by atoms with E-state index in [1.54, 1.807) is 0 Å². The lowest BCUT2D eigenvalue weighted by molar-refractivity contribution is 0.317. The highest BCUT2D eigenvalue weighted by Crippen LogP contribution is 2.25. The molecule has 0 amide bonds. The van der Waals surface area contributed by atoms with E-state index in [4.69, 9.17) is 4.74 Å². The first-order valence-electron chi connectivity index (χ1n) is 6.52. The molecule has 1 aromatic rings. The van der Waals surface area contributed by atoms with E-state index in [1.165, 1.54) is 6.42 Å². The highest BCUT2D eigenvalue weighted by molar-refractivity contribution is 8.15. The topological polar surface area (TPSA) is 33.6 Å². The van der Waals surface area contributed by atoms with Gasteiger partial charge in [0.1, 0.15) is 5.75 Å². The number of ether oxygens (including phenoxy) is 1. The van der Waals surface area contributed by atoms with E-state index in [2.05, 4.69) is 24.2 Å². The molecule has 1 aliphatic rings. The lowest BCUT2D eigenvalue weighted by atomic mass is 10.3. The first-order valence-corrected chi connectivity index (χ1v) is 7.40. The van der Waals surface area contributed by atoms with E-state index >= 15 is 0 Å². The summed E-state index contributed by atoms with van der Waals surface area (Å²) in [6, 6.07) is 8.06. The number of benzene rings is 1. The van der Waals surface area contributed by atoms with Gasteiger partial charge in [-0.15, -0.1) is 0 Å². The maximum absolute atomic E-state index is 5.55. The van der Waals surface area contributed by atoms with E-state index in [9.17, 15) is 0 Å². The van der Waals surface area contributed by atoms with Crippen molar-refractivity contribution in [1.82, 2.24) is 0 Å². The maximum Gasteiger partial charge on any atom is 0.161 e. The van der Waals surface area contributed by atoms with Crippen LogP contribution in [-0.4, -0.2) is 23.6 Å². The molecular formula is C14H20N2OS. The van der Waals surface area contributed by atoms with Gasteiger partial charge in [0.15, 0.2) is 5.17 Å². The van der Waals surface area contributed by atoms with Gasteiger partial charge in [-0.1, -0.05) is 25.6 Å². The third kappa shape index (κ3) is 3.67. The third-order valence-corrected chi connectivity index (χ3v) is 4.02. The van der Waals surface area contributed by atoms with Crippen molar-refractivity contribution in [1.29, 1.82) is 0 Å². The van der Waals surface area contributed by atoms with Gasteiger partial charge < -0.3 is 10.1 Å². The van der Waals surface area contributed by atoms with Crippen LogP contribution in [0.5, 0.6) is 5.75 Å². The minimum Gasteiger partial charge on any atom is -0.494 e. The normalized spacial score (nSPS) is 18.6. The molecule has 0 radical (unpaired) electrons. The number of thioether (sulfide) groups is 1. The van der Waals surface area contributed by atoms with Gasteiger partial charge in [-0.2, -0.15) is 0 Å². The molecule has 0 spiro atoms. The summed E-state index contributed by atoms with van der Waals surface area (Å²) >= 11 is 1.83. The number of amidine groups is 1. The van der Waals surface area contributed by atoms with Crippen LogP contribution in [0.2, 0.25) is 0 Å². The van der Waals surface area contributed by atoms with Gasteiger partial charge in [-0.25, -0.2) is 0 Å². The van der Waals surface area contributed by atoms with Crippen LogP contribution in [0.15, 0.2) is 29.3 Å². The molecule has 1 heterocycles. The number of rotatable bonds is 5. The molecule has 0 saturated heterocycles. The second-order valence-electron chi connectivity index (χ2n) is 4.29. The number of nitrogens with one attached hydrogen (secondary N) is 1. The van der Waals surface area contributed by atoms with Crippen molar-refractivity contribution in [3.05, 3.63) is 24.3 Å². The Morgan fingerprint density at radius 3 is 2.72 bits per heavy atom. The standard InChI is InChI=1S/C14H20N2OS/c1-3-9-17-12-7-5-11(6-8-12)16-14-15-10-13(4-2)18-14/h5-8,13H,3-4,9-10H2,1-2H3,(H,15,16). The van der Waals surface area contributed by atoms with E-state index in [-0.39, 0.29) is 0 Å². The van der Waals surface area contributed by atoms with E-state index in [1.807, 2.05) is 36.0 Å². The third-order valence-electron chi connectivity index (χ3n) is 2.75. The van der Waals surface area contributed by atoms with E-state index in [0.717, 1.165) is 36.2 Å². The number of anilines is 1.